The number of aromatic nitrogens is 2. The number of pyridine rings is 1. The number of hydrogen-bond acceptors (Lipinski definition) is 3. The van der Waals surface area contributed by atoms with Gasteiger partial charge in [-0.25, -0.2) is 4.98 Å². The maximum atomic E-state index is 12.8. The van der Waals surface area contributed by atoms with Crippen LogP contribution in [0.25, 0.3) is 16.9 Å². The van der Waals surface area contributed by atoms with Gasteiger partial charge in [-0.1, -0.05) is 54.6 Å². The zero-order chi connectivity index (χ0) is 18.6. The van der Waals surface area contributed by atoms with Gasteiger partial charge in [0.05, 0.1) is 13.5 Å². The van der Waals surface area contributed by atoms with Gasteiger partial charge in [-0.3, -0.25) is 9.20 Å². The summed E-state index contributed by atoms with van der Waals surface area (Å²) in [5.41, 5.74) is 3.32. The van der Waals surface area contributed by atoms with Gasteiger partial charge in [-0.15, -0.1) is 0 Å². The summed E-state index contributed by atoms with van der Waals surface area (Å²) in [6.07, 6.45) is 2.12. The number of amides is 1. The molecule has 0 aliphatic rings. The number of fused-ring (bicyclic) bond motifs is 1. The molecule has 0 aliphatic carbocycles. The first kappa shape index (κ1) is 16.8. The normalized spacial score (nSPS) is 10.7. The van der Waals surface area contributed by atoms with Crippen LogP contribution < -0.4 is 10.1 Å². The Morgan fingerprint density at radius 2 is 1.74 bits per heavy atom. The Kier molecular flexibility index (Phi) is 4.58. The van der Waals surface area contributed by atoms with E-state index in [1.54, 1.807) is 7.11 Å². The molecular weight excluding hydrogens is 338 g/mol. The van der Waals surface area contributed by atoms with Gasteiger partial charge in [0, 0.05) is 17.3 Å². The predicted molar refractivity (Wildman–Crippen MR) is 106 cm³/mol. The maximum absolute atomic E-state index is 12.8. The number of ether oxygens (including phenoxy) is 1. The molecular formula is C22H19N3O2. The van der Waals surface area contributed by atoms with E-state index >= 15 is 0 Å². The summed E-state index contributed by atoms with van der Waals surface area (Å²) in [5, 5.41) is 3.04. The number of carbonyl (C=O) groups is 1. The zero-order valence-electron chi connectivity index (χ0n) is 14.9. The number of hydrogen-bond donors (Lipinski definition) is 1. The third kappa shape index (κ3) is 3.40. The average Bonchev–Trinajstić information content (AvgIpc) is 3.07. The largest absolute Gasteiger partial charge is 0.496 e. The van der Waals surface area contributed by atoms with Gasteiger partial charge in [0.15, 0.2) is 0 Å². The van der Waals surface area contributed by atoms with E-state index in [4.69, 9.17) is 9.72 Å². The smallest absolute Gasteiger partial charge is 0.230 e. The third-order valence-corrected chi connectivity index (χ3v) is 4.38. The van der Waals surface area contributed by atoms with Crippen LogP contribution in [0.15, 0.2) is 79.0 Å². The van der Waals surface area contributed by atoms with E-state index in [0.29, 0.717) is 11.6 Å². The lowest BCUT2D eigenvalue weighted by atomic mass is 10.1. The minimum atomic E-state index is -0.123. The van der Waals surface area contributed by atoms with E-state index in [-0.39, 0.29) is 12.3 Å². The molecule has 27 heavy (non-hydrogen) atoms. The second-order valence-corrected chi connectivity index (χ2v) is 6.14. The van der Waals surface area contributed by atoms with E-state index in [0.717, 1.165) is 22.5 Å². The second-order valence-electron chi connectivity index (χ2n) is 6.14. The van der Waals surface area contributed by atoms with E-state index in [1.165, 1.54) is 0 Å². The van der Waals surface area contributed by atoms with Crippen molar-refractivity contribution in [3.63, 3.8) is 0 Å². The fourth-order valence-corrected chi connectivity index (χ4v) is 3.11. The Hall–Kier alpha value is -3.60. The highest BCUT2D eigenvalue weighted by molar-refractivity contribution is 5.96. The first-order valence-corrected chi connectivity index (χ1v) is 8.70. The quantitative estimate of drug-likeness (QED) is 0.583. The standard InChI is InChI=1S/C22H19N3O2/c1-27-18-12-6-5-11-17(18)15-20(26)24-22-21(16-9-3-2-4-10-16)23-19-13-7-8-14-25(19)22/h2-14H,15H2,1H3,(H,24,26). The van der Waals surface area contributed by atoms with Crippen LogP contribution >= 0.6 is 0 Å². The summed E-state index contributed by atoms with van der Waals surface area (Å²) in [6.45, 7) is 0. The Morgan fingerprint density at radius 3 is 2.56 bits per heavy atom. The molecule has 0 spiro atoms. The van der Waals surface area contributed by atoms with Crippen molar-refractivity contribution in [3.8, 4) is 17.0 Å². The monoisotopic (exact) mass is 357 g/mol. The van der Waals surface area contributed by atoms with Gasteiger partial charge in [0.1, 0.15) is 22.9 Å². The first-order valence-electron chi connectivity index (χ1n) is 8.70. The highest BCUT2D eigenvalue weighted by Gasteiger charge is 2.17. The SMILES string of the molecule is COc1ccccc1CC(=O)Nc1c(-c2ccccc2)nc2ccccn12. The van der Waals surface area contributed by atoms with Crippen LogP contribution in [-0.2, 0) is 11.2 Å². The van der Waals surface area contributed by atoms with Crippen molar-refractivity contribution in [2.24, 2.45) is 0 Å². The van der Waals surface area contributed by atoms with Crippen LogP contribution in [0, 0.1) is 0 Å². The maximum Gasteiger partial charge on any atom is 0.230 e. The van der Waals surface area contributed by atoms with Crippen LogP contribution in [0.2, 0.25) is 0 Å². The van der Waals surface area contributed by atoms with Gasteiger partial charge in [-0.05, 0) is 18.2 Å². The fraction of sp³-hybridized carbons (Fsp3) is 0.0909. The molecule has 5 nitrogen and oxygen atoms in total. The van der Waals surface area contributed by atoms with Crippen LogP contribution in [0.3, 0.4) is 0 Å². The van der Waals surface area contributed by atoms with Crippen molar-refractivity contribution in [1.82, 2.24) is 9.38 Å². The summed E-state index contributed by atoms with van der Waals surface area (Å²) >= 11 is 0. The molecule has 134 valence electrons. The zero-order valence-corrected chi connectivity index (χ0v) is 14.9. The lowest BCUT2D eigenvalue weighted by Gasteiger charge is -2.10. The Balaban J connectivity index is 1.70. The van der Waals surface area contributed by atoms with E-state index < -0.39 is 0 Å². The van der Waals surface area contributed by atoms with Crippen LogP contribution in [0.1, 0.15) is 5.56 Å². The number of nitrogens with zero attached hydrogens (tertiary/aromatic N) is 2. The summed E-state index contributed by atoms with van der Waals surface area (Å²) in [4.78, 5) is 17.5. The number of rotatable bonds is 5. The Labute approximate surface area is 157 Å². The van der Waals surface area contributed by atoms with E-state index in [9.17, 15) is 4.79 Å². The molecule has 0 saturated carbocycles. The number of benzene rings is 2. The van der Waals surface area contributed by atoms with Crippen molar-refractivity contribution in [2.45, 2.75) is 6.42 Å². The molecule has 0 unspecified atom stereocenters. The van der Waals surface area contributed by atoms with Crippen LogP contribution in [0.5, 0.6) is 5.75 Å². The van der Waals surface area contributed by atoms with Gasteiger partial charge in [-0.2, -0.15) is 0 Å². The molecule has 0 atom stereocenters. The highest BCUT2D eigenvalue weighted by atomic mass is 16.5. The van der Waals surface area contributed by atoms with Gasteiger partial charge >= 0.3 is 0 Å². The number of para-hydroxylation sites is 1. The van der Waals surface area contributed by atoms with E-state index in [2.05, 4.69) is 5.32 Å². The van der Waals surface area contributed by atoms with E-state index in [1.807, 2.05) is 83.4 Å². The molecule has 2 aromatic carbocycles. The lowest BCUT2D eigenvalue weighted by molar-refractivity contribution is -0.115. The number of nitrogens with one attached hydrogen (secondary N) is 1. The highest BCUT2D eigenvalue weighted by Crippen LogP contribution is 2.29. The third-order valence-electron chi connectivity index (χ3n) is 4.38. The summed E-state index contributed by atoms with van der Waals surface area (Å²) in [6, 6.07) is 23.1. The molecule has 1 N–H and O–H groups in total. The topological polar surface area (TPSA) is 55.6 Å². The minimum Gasteiger partial charge on any atom is -0.496 e. The Morgan fingerprint density at radius 1 is 1.00 bits per heavy atom. The molecule has 0 fully saturated rings. The summed E-state index contributed by atoms with van der Waals surface area (Å²) in [7, 11) is 1.61. The number of anilines is 1. The fourth-order valence-electron chi connectivity index (χ4n) is 3.11. The van der Waals surface area contributed by atoms with Crippen molar-refractivity contribution in [3.05, 3.63) is 84.6 Å². The van der Waals surface area contributed by atoms with Gasteiger partial charge in [0.25, 0.3) is 0 Å². The van der Waals surface area contributed by atoms with Crippen molar-refractivity contribution in [1.29, 1.82) is 0 Å². The minimum absolute atomic E-state index is 0.123. The average molecular weight is 357 g/mol. The lowest BCUT2D eigenvalue weighted by Crippen LogP contribution is -2.16. The number of imidazole rings is 1. The predicted octanol–water partition coefficient (Wildman–Crippen LogP) is 4.19. The second kappa shape index (κ2) is 7.33. The van der Waals surface area contributed by atoms with Crippen molar-refractivity contribution >= 4 is 17.4 Å². The van der Waals surface area contributed by atoms with Crippen molar-refractivity contribution < 1.29 is 9.53 Å². The van der Waals surface area contributed by atoms with Crippen LogP contribution in [-0.4, -0.2) is 22.4 Å². The molecule has 4 rings (SSSR count). The van der Waals surface area contributed by atoms with Gasteiger partial charge in [0.2, 0.25) is 5.91 Å². The first-order chi connectivity index (χ1) is 13.3. The molecule has 0 saturated heterocycles. The van der Waals surface area contributed by atoms with Gasteiger partial charge < -0.3 is 10.1 Å². The van der Waals surface area contributed by atoms with Crippen LogP contribution in [0.4, 0.5) is 5.82 Å². The Bertz CT molecular complexity index is 1090. The molecule has 5 heteroatoms. The molecule has 2 heterocycles. The number of carbonyl (C=O) groups excluding carboxylic acids is 1. The molecule has 1 amide bonds. The molecule has 4 aromatic rings. The molecule has 2 aromatic heterocycles. The molecule has 0 radical (unpaired) electrons. The summed E-state index contributed by atoms with van der Waals surface area (Å²) < 4.78 is 7.24. The molecule has 0 bridgehead atoms. The molecule has 0 aliphatic heterocycles. The van der Waals surface area contributed by atoms with Crippen molar-refractivity contribution in [2.75, 3.05) is 12.4 Å². The number of methoxy groups -OCH3 is 1. The summed E-state index contributed by atoms with van der Waals surface area (Å²) in [5.74, 6) is 1.24.